The van der Waals surface area contributed by atoms with Crippen LogP contribution in [0.5, 0.6) is 0 Å². The number of esters is 1. The van der Waals surface area contributed by atoms with Crippen LogP contribution >= 0.6 is 22.9 Å². The highest BCUT2D eigenvalue weighted by Crippen LogP contribution is 2.27. The van der Waals surface area contributed by atoms with Crippen molar-refractivity contribution >= 4 is 28.9 Å². The fourth-order valence-corrected chi connectivity index (χ4v) is 3.42. The van der Waals surface area contributed by atoms with Gasteiger partial charge < -0.3 is 4.74 Å². The summed E-state index contributed by atoms with van der Waals surface area (Å²) < 4.78 is 5.46. The van der Waals surface area contributed by atoms with Crippen molar-refractivity contribution in [3.63, 3.8) is 0 Å². The van der Waals surface area contributed by atoms with E-state index in [1.54, 1.807) is 6.20 Å². The second-order valence-corrected chi connectivity index (χ2v) is 6.51. The monoisotopic (exact) mass is 302 g/mol. The number of nitrogens with one attached hydrogen (secondary N) is 1. The van der Waals surface area contributed by atoms with Gasteiger partial charge in [0, 0.05) is 6.04 Å². The molecular formula is C13H19ClN2O2S. The molecule has 1 N–H and O–H groups in total. The van der Waals surface area contributed by atoms with E-state index in [1.807, 2.05) is 0 Å². The van der Waals surface area contributed by atoms with Crippen LogP contribution in [0.1, 0.15) is 49.6 Å². The molecule has 0 radical (unpaired) electrons. The van der Waals surface area contributed by atoms with E-state index in [9.17, 15) is 4.79 Å². The number of ether oxygens (including phenoxy) is 1. The van der Waals surface area contributed by atoms with Crippen LogP contribution in [-0.2, 0) is 9.53 Å². The number of hydrogen-bond donors (Lipinski definition) is 1. The van der Waals surface area contributed by atoms with E-state index >= 15 is 0 Å². The molecule has 2 rings (SSSR count). The van der Waals surface area contributed by atoms with Crippen molar-refractivity contribution in [2.24, 2.45) is 0 Å². The highest BCUT2D eigenvalue weighted by molar-refractivity contribution is 7.16. The Bertz CT molecular complexity index is 417. The van der Waals surface area contributed by atoms with Crippen LogP contribution in [-0.4, -0.2) is 24.1 Å². The normalized spacial score (nSPS) is 18.8. The molecule has 1 saturated carbocycles. The lowest BCUT2D eigenvalue weighted by atomic mass is 10.1. The number of rotatable bonds is 4. The first kappa shape index (κ1) is 14.8. The standard InChI is InChI=1S/C13H19ClN2O2S/c1-18-13(17)11(12-15-8-10(14)19-12)16-9-6-4-2-3-5-7-9/h8-9,11,16H,2-7H2,1H3. The van der Waals surface area contributed by atoms with E-state index in [0.717, 1.165) is 12.8 Å². The lowest BCUT2D eigenvalue weighted by Crippen LogP contribution is -2.37. The fourth-order valence-electron chi connectivity index (χ4n) is 2.44. The van der Waals surface area contributed by atoms with E-state index < -0.39 is 6.04 Å². The predicted octanol–water partition coefficient (Wildman–Crippen LogP) is 3.32. The molecule has 0 amide bonds. The first-order valence-electron chi connectivity index (χ1n) is 6.66. The molecule has 1 unspecified atom stereocenters. The summed E-state index contributed by atoms with van der Waals surface area (Å²) in [5.74, 6) is -0.296. The van der Waals surface area contributed by atoms with Gasteiger partial charge in [0.1, 0.15) is 9.34 Å². The van der Waals surface area contributed by atoms with Crippen molar-refractivity contribution in [2.75, 3.05) is 7.11 Å². The minimum Gasteiger partial charge on any atom is -0.468 e. The smallest absolute Gasteiger partial charge is 0.330 e. The topological polar surface area (TPSA) is 51.2 Å². The summed E-state index contributed by atoms with van der Waals surface area (Å²) >= 11 is 7.22. The van der Waals surface area contributed by atoms with Crippen LogP contribution in [0.25, 0.3) is 0 Å². The Balaban J connectivity index is 2.07. The molecule has 1 atom stereocenters. The van der Waals surface area contributed by atoms with Crippen molar-refractivity contribution in [2.45, 2.75) is 50.6 Å². The molecule has 6 heteroatoms. The Hall–Kier alpha value is -0.650. The van der Waals surface area contributed by atoms with E-state index in [1.165, 1.54) is 44.1 Å². The third-order valence-electron chi connectivity index (χ3n) is 3.44. The summed E-state index contributed by atoms with van der Waals surface area (Å²) in [6.07, 6.45) is 8.77. The van der Waals surface area contributed by atoms with E-state index in [2.05, 4.69) is 10.3 Å². The lowest BCUT2D eigenvalue weighted by molar-refractivity contribution is -0.143. The van der Waals surface area contributed by atoms with Crippen molar-refractivity contribution in [1.29, 1.82) is 0 Å². The minimum atomic E-state index is -0.495. The minimum absolute atomic E-state index is 0.296. The van der Waals surface area contributed by atoms with Crippen LogP contribution in [0, 0.1) is 0 Å². The number of carbonyl (C=O) groups excluding carboxylic acids is 1. The largest absolute Gasteiger partial charge is 0.468 e. The fraction of sp³-hybridized carbons (Fsp3) is 0.692. The summed E-state index contributed by atoms with van der Waals surface area (Å²) in [7, 11) is 1.40. The van der Waals surface area contributed by atoms with Gasteiger partial charge in [-0.05, 0) is 12.8 Å². The predicted molar refractivity (Wildman–Crippen MR) is 76.5 cm³/mol. The average Bonchev–Trinajstić information content (AvgIpc) is 2.68. The number of halogens is 1. The van der Waals surface area contributed by atoms with E-state index in [0.29, 0.717) is 15.4 Å². The van der Waals surface area contributed by atoms with Gasteiger partial charge in [0.05, 0.1) is 13.3 Å². The Morgan fingerprint density at radius 2 is 2.16 bits per heavy atom. The molecule has 0 aromatic carbocycles. The average molecular weight is 303 g/mol. The van der Waals surface area contributed by atoms with Gasteiger partial charge in [-0.3, -0.25) is 5.32 Å². The van der Waals surface area contributed by atoms with Gasteiger partial charge in [-0.25, -0.2) is 9.78 Å². The van der Waals surface area contributed by atoms with Gasteiger partial charge in [0.2, 0.25) is 0 Å². The van der Waals surface area contributed by atoms with E-state index in [-0.39, 0.29) is 5.97 Å². The number of methoxy groups -OCH3 is 1. The van der Waals surface area contributed by atoms with Crippen molar-refractivity contribution < 1.29 is 9.53 Å². The first-order chi connectivity index (χ1) is 9.20. The summed E-state index contributed by atoms with van der Waals surface area (Å²) in [4.78, 5) is 16.1. The zero-order valence-corrected chi connectivity index (χ0v) is 12.6. The van der Waals surface area contributed by atoms with Crippen LogP contribution in [0.4, 0.5) is 0 Å². The van der Waals surface area contributed by atoms with Crippen molar-refractivity contribution in [3.8, 4) is 0 Å². The summed E-state index contributed by atoms with van der Waals surface area (Å²) in [5, 5.41) is 4.07. The molecule has 0 bridgehead atoms. The Morgan fingerprint density at radius 3 is 2.68 bits per heavy atom. The molecular weight excluding hydrogens is 284 g/mol. The summed E-state index contributed by atoms with van der Waals surface area (Å²) in [5.41, 5.74) is 0. The third-order valence-corrected chi connectivity index (χ3v) is 4.62. The Morgan fingerprint density at radius 1 is 1.47 bits per heavy atom. The molecule has 0 aliphatic heterocycles. The summed E-state index contributed by atoms with van der Waals surface area (Å²) in [6.45, 7) is 0. The molecule has 1 fully saturated rings. The van der Waals surface area contributed by atoms with Crippen LogP contribution in [0.15, 0.2) is 6.20 Å². The number of thiazole rings is 1. The first-order valence-corrected chi connectivity index (χ1v) is 7.85. The quantitative estimate of drug-likeness (QED) is 0.685. The highest BCUT2D eigenvalue weighted by atomic mass is 35.5. The molecule has 0 saturated heterocycles. The molecule has 19 heavy (non-hydrogen) atoms. The number of aromatic nitrogens is 1. The molecule has 4 nitrogen and oxygen atoms in total. The zero-order valence-electron chi connectivity index (χ0n) is 11.0. The van der Waals surface area contributed by atoms with Gasteiger partial charge in [0.25, 0.3) is 0 Å². The highest BCUT2D eigenvalue weighted by Gasteiger charge is 2.27. The second kappa shape index (κ2) is 7.22. The number of nitrogens with zero attached hydrogens (tertiary/aromatic N) is 1. The van der Waals surface area contributed by atoms with Crippen LogP contribution in [0.3, 0.4) is 0 Å². The number of carbonyl (C=O) groups is 1. The molecule has 1 aliphatic rings. The van der Waals surface area contributed by atoms with Crippen LogP contribution < -0.4 is 5.32 Å². The van der Waals surface area contributed by atoms with Crippen molar-refractivity contribution in [1.82, 2.24) is 10.3 Å². The molecule has 1 aliphatic carbocycles. The SMILES string of the molecule is COC(=O)C(NC1CCCCCC1)c1ncc(Cl)s1. The maximum atomic E-state index is 11.9. The maximum Gasteiger partial charge on any atom is 0.330 e. The molecule has 1 aromatic rings. The summed E-state index contributed by atoms with van der Waals surface area (Å²) in [6, 6.07) is -0.139. The van der Waals surface area contributed by atoms with Gasteiger partial charge in [-0.1, -0.05) is 37.3 Å². The maximum absolute atomic E-state index is 11.9. The van der Waals surface area contributed by atoms with Gasteiger partial charge in [-0.2, -0.15) is 0 Å². The molecule has 1 aromatic heterocycles. The van der Waals surface area contributed by atoms with Gasteiger partial charge in [0.15, 0.2) is 6.04 Å². The third kappa shape index (κ3) is 4.16. The Labute approximate surface area is 122 Å². The van der Waals surface area contributed by atoms with Crippen LogP contribution in [0.2, 0.25) is 4.34 Å². The molecule has 0 spiro atoms. The number of hydrogen-bond acceptors (Lipinski definition) is 5. The lowest BCUT2D eigenvalue weighted by Gasteiger charge is -2.21. The zero-order chi connectivity index (χ0) is 13.7. The van der Waals surface area contributed by atoms with Gasteiger partial charge >= 0.3 is 5.97 Å². The van der Waals surface area contributed by atoms with Crippen molar-refractivity contribution in [3.05, 3.63) is 15.5 Å². The van der Waals surface area contributed by atoms with E-state index in [4.69, 9.17) is 16.3 Å². The molecule has 1 heterocycles. The Kier molecular flexibility index (Phi) is 5.60. The van der Waals surface area contributed by atoms with Gasteiger partial charge in [-0.15, -0.1) is 11.3 Å². The molecule has 106 valence electrons. The second-order valence-electron chi connectivity index (χ2n) is 4.81.